The van der Waals surface area contributed by atoms with Crippen LogP contribution in [0.1, 0.15) is 29.2 Å². The van der Waals surface area contributed by atoms with Gasteiger partial charge < -0.3 is 9.80 Å². The van der Waals surface area contributed by atoms with Crippen molar-refractivity contribution in [3.05, 3.63) is 67.8 Å². The third kappa shape index (κ3) is 4.53. The monoisotopic (exact) mass is 493 g/mol. The maximum Gasteiger partial charge on any atom is 0.270 e. The first-order valence-electron chi connectivity index (χ1n) is 11.3. The van der Waals surface area contributed by atoms with E-state index in [9.17, 15) is 14.9 Å². The zero-order valence-corrected chi connectivity index (χ0v) is 21.2. The zero-order valence-electron chi connectivity index (χ0n) is 19.6. The van der Waals surface area contributed by atoms with Crippen LogP contribution in [0, 0.1) is 18.3 Å². The number of thioether (sulfide) groups is 1. The number of hydrogen-bond donors (Lipinski definition) is 0. The molecule has 176 valence electrons. The van der Waals surface area contributed by atoms with Crippen molar-refractivity contribution in [3.8, 4) is 6.07 Å². The molecular weight excluding hydrogens is 466 g/mol. The molecule has 0 aliphatic carbocycles. The molecule has 2 aliphatic heterocycles. The van der Waals surface area contributed by atoms with Gasteiger partial charge in [0.05, 0.1) is 11.4 Å². The summed E-state index contributed by atoms with van der Waals surface area (Å²) in [6.45, 7) is 7.80. The lowest BCUT2D eigenvalue weighted by molar-refractivity contribution is -0.122. The fraction of sp³-hybridized carbons (Fsp3) is 0.360. The molecule has 0 bridgehead atoms. The van der Waals surface area contributed by atoms with Crippen molar-refractivity contribution in [2.24, 2.45) is 0 Å². The lowest BCUT2D eigenvalue weighted by atomic mass is 10.0. The van der Waals surface area contributed by atoms with Crippen LogP contribution in [-0.2, 0) is 17.9 Å². The van der Waals surface area contributed by atoms with Crippen molar-refractivity contribution in [3.63, 3.8) is 0 Å². The van der Waals surface area contributed by atoms with Gasteiger partial charge in [0.1, 0.15) is 21.8 Å². The number of benzene rings is 1. The zero-order chi connectivity index (χ0) is 24.4. The SMILES string of the molecule is CCn1c(N2CCN(C)CC2)c(C=C2SC(=S)N(Cc3ccccc3)C2=O)c(C)c(C#N)c1=O. The van der Waals surface area contributed by atoms with Crippen LogP contribution in [-0.4, -0.2) is 57.8 Å². The molecule has 1 amide bonds. The third-order valence-corrected chi connectivity index (χ3v) is 7.68. The summed E-state index contributed by atoms with van der Waals surface area (Å²) < 4.78 is 2.16. The molecule has 34 heavy (non-hydrogen) atoms. The molecule has 2 aromatic rings. The molecule has 0 spiro atoms. The van der Waals surface area contributed by atoms with E-state index >= 15 is 0 Å². The number of rotatable bonds is 5. The van der Waals surface area contributed by atoms with Crippen LogP contribution in [0.15, 0.2) is 40.0 Å². The topological polar surface area (TPSA) is 72.6 Å². The van der Waals surface area contributed by atoms with Gasteiger partial charge in [-0.15, -0.1) is 0 Å². The summed E-state index contributed by atoms with van der Waals surface area (Å²) in [5.41, 5.74) is 2.17. The number of carbonyl (C=O) groups is 1. The minimum Gasteiger partial charge on any atom is -0.355 e. The predicted molar refractivity (Wildman–Crippen MR) is 141 cm³/mol. The first-order chi connectivity index (χ1) is 16.3. The number of hydrogen-bond acceptors (Lipinski definition) is 7. The van der Waals surface area contributed by atoms with E-state index in [1.54, 1.807) is 16.4 Å². The number of piperazine rings is 1. The van der Waals surface area contributed by atoms with Gasteiger partial charge in [0.2, 0.25) is 0 Å². The molecule has 2 saturated heterocycles. The molecule has 4 rings (SSSR count). The van der Waals surface area contributed by atoms with Gasteiger partial charge in [0.15, 0.2) is 0 Å². The van der Waals surface area contributed by atoms with Crippen molar-refractivity contribution >= 4 is 46.1 Å². The summed E-state index contributed by atoms with van der Waals surface area (Å²) in [6, 6.07) is 11.8. The van der Waals surface area contributed by atoms with E-state index in [1.807, 2.05) is 43.3 Å². The van der Waals surface area contributed by atoms with E-state index in [0.717, 1.165) is 43.1 Å². The van der Waals surface area contributed by atoms with E-state index in [4.69, 9.17) is 12.2 Å². The summed E-state index contributed by atoms with van der Waals surface area (Å²) >= 11 is 6.80. The number of thiocarbonyl (C=S) groups is 1. The summed E-state index contributed by atoms with van der Waals surface area (Å²) in [4.78, 5) is 33.0. The van der Waals surface area contributed by atoms with Crippen molar-refractivity contribution < 1.29 is 4.79 Å². The van der Waals surface area contributed by atoms with Crippen molar-refractivity contribution in [1.29, 1.82) is 5.26 Å². The van der Waals surface area contributed by atoms with Crippen LogP contribution in [0.3, 0.4) is 0 Å². The van der Waals surface area contributed by atoms with E-state index < -0.39 is 0 Å². The molecule has 0 saturated carbocycles. The van der Waals surface area contributed by atoms with Gasteiger partial charge in [-0.2, -0.15) is 5.26 Å². The molecule has 3 heterocycles. The summed E-state index contributed by atoms with van der Waals surface area (Å²) in [5.74, 6) is 0.612. The fourth-order valence-corrected chi connectivity index (χ4v) is 5.57. The lowest BCUT2D eigenvalue weighted by Gasteiger charge is -2.36. The Morgan fingerprint density at radius 3 is 2.44 bits per heavy atom. The first kappa shape index (κ1) is 24.2. The molecule has 9 heteroatoms. The second-order valence-electron chi connectivity index (χ2n) is 8.44. The Morgan fingerprint density at radius 1 is 1.15 bits per heavy atom. The number of amides is 1. The molecule has 7 nitrogen and oxygen atoms in total. The molecule has 2 aliphatic rings. The average Bonchev–Trinajstić information content (AvgIpc) is 3.09. The summed E-state index contributed by atoms with van der Waals surface area (Å²) in [6.07, 6.45) is 1.82. The van der Waals surface area contributed by atoms with Gasteiger partial charge in [-0.3, -0.25) is 19.1 Å². The predicted octanol–water partition coefficient (Wildman–Crippen LogP) is 3.20. The van der Waals surface area contributed by atoms with E-state index in [1.165, 1.54) is 11.8 Å². The summed E-state index contributed by atoms with van der Waals surface area (Å²) in [7, 11) is 2.08. The number of carbonyl (C=O) groups excluding carboxylic acids is 1. The Kier molecular flexibility index (Phi) is 7.22. The molecular formula is C25H27N5O2S2. The number of anilines is 1. The Hall–Kier alpha value is -2.93. The molecule has 1 aromatic carbocycles. The third-order valence-electron chi connectivity index (χ3n) is 6.30. The number of aromatic nitrogens is 1. The van der Waals surface area contributed by atoms with Gasteiger partial charge in [-0.05, 0) is 38.1 Å². The average molecular weight is 494 g/mol. The number of nitrogens with zero attached hydrogens (tertiary/aromatic N) is 5. The fourth-order valence-electron chi connectivity index (χ4n) is 4.33. The Labute approximate surface area is 209 Å². The lowest BCUT2D eigenvalue weighted by Crippen LogP contribution is -2.47. The van der Waals surface area contributed by atoms with Crippen LogP contribution in [0.4, 0.5) is 5.82 Å². The highest BCUT2D eigenvalue weighted by Gasteiger charge is 2.33. The molecule has 1 aromatic heterocycles. The molecule has 0 atom stereocenters. The van der Waals surface area contributed by atoms with Crippen LogP contribution in [0.2, 0.25) is 0 Å². The van der Waals surface area contributed by atoms with Crippen molar-refractivity contribution in [2.45, 2.75) is 26.9 Å². The second-order valence-corrected chi connectivity index (χ2v) is 10.1. The highest BCUT2D eigenvalue weighted by Crippen LogP contribution is 2.36. The van der Waals surface area contributed by atoms with Crippen LogP contribution < -0.4 is 10.5 Å². The van der Waals surface area contributed by atoms with Gasteiger partial charge in [0.25, 0.3) is 11.5 Å². The van der Waals surface area contributed by atoms with Gasteiger partial charge in [-0.25, -0.2) is 0 Å². The van der Waals surface area contributed by atoms with E-state index in [2.05, 4.69) is 22.9 Å². The minimum atomic E-state index is -0.287. The van der Waals surface area contributed by atoms with Crippen LogP contribution >= 0.6 is 24.0 Å². The van der Waals surface area contributed by atoms with Crippen LogP contribution in [0.5, 0.6) is 0 Å². The van der Waals surface area contributed by atoms with E-state index in [0.29, 0.717) is 27.9 Å². The Bertz CT molecular complexity index is 1250. The van der Waals surface area contributed by atoms with Gasteiger partial charge >= 0.3 is 0 Å². The van der Waals surface area contributed by atoms with Crippen LogP contribution in [0.25, 0.3) is 6.08 Å². The highest BCUT2D eigenvalue weighted by atomic mass is 32.2. The van der Waals surface area contributed by atoms with Crippen molar-refractivity contribution in [2.75, 3.05) is 38.1 Å². The highest BCUT2D eigenvalue weighted by molar-refractivity contribution is 8.26. The normalized spacial score (nSPS) is 18.1. The van der Waals surface area contributed by atoms with Gasteiger partial charge in [0, 0.05) is 38.3 Å². The maximum atomic E-state index is 13.3. The Morgan fingerprint density at radius 2 is 1.82 bits per heavy atom. The number of nitriles is 1. The molecule has 0 unspecified atom stereocenters. The quantitative estimate of drug-likeness (QED) is 0.468. The molecule has 0 N–H and O–H groups in total. The summed E-state index contributed by atoms with van der Waals surface area (Å²) in [5, 5.41) is 9.74. The second kappa shape index (κ2) is 10.1. The first-order valence-corrected chi connectivity index (χ1v) is 12.5. The smallest absolute Gasteiger partial charge is 0.270 e. The molecule has 2 fully saturated rings. The molecule has 0 radical (unpaired) electrons. The van der Waals surface area contributed by atoms with E-state index in [-0.39, 0.29) is 17.0 Å². The largest absolute Gasteiger partial charge is 0.355 e. The van der Waals surface area contributed by atoms with Gasteiger partial charge in [-0.1, -0.05) is 54.3 Å². The standard InChI is InChI=1S/C25H27N5O2S2/c1-4-29-22(28-12-10-27(3)11-13-28)19(17(2)20(15-26)23(29)31)14-21-24(32)30(25(33)34-21)16-18-8-6-5-7-9-18/h5-9,14H,4,10-13,16H2,1-3H3. The Balaban J connectivity index is 1.80. The maximum absolute atomic E-state index is 13.3. The number of pyridine rings is 1. The minimum absolute atomic E-state index is 0.116. The number of likely N-dealkylation sites (N-methyl/N-ethyl adjacent to an activating group) is 1. The van der Waals surface area contributed by atoms with Crippen molar-refractivity contribution in [1.82, 2.24) is 14.4 Å².